The lowest BCUT2D eigenvalue weighted by Gasteiger charge is -2.00. The van der Waals surface area contributed by atoms with Gasteiger partial charge in [0.2, 0.25) is 0 Å². The first-order valence-corrected chi connectivity index (χ1v) is 4.19. The minimum Gasteiger partial charge on any atom is -0.397 e. The average molecular weight is 221 g/mol. The number of hydrogen-bond donors (Lipinski definition) is 1. The van der Waals surface area contributed by atoms with Crippen molar-refractivity contribution in [2.24, 2.45) is 0 Å². The van der Waals surface area contributed by atoms with Crippen LogP contribution in [0.1, 0.15) is 5.56 Å². The SMILES string of the molecule is Nc1c(Cl)cncc1CBr. The smallest absolute Gasteiger partial charge is 0.0821 e. The summed E-state index contributed by atoms with van der Waals surface area (Å²) >= 11 is 8.95. The van der Waals surface area contributed by atoms with Crippen LogP contribution in [0.2, 0.25) is 5.02 Å². The van der Waals surface area contributed by atoms with Crippen molar-refractivity contribution in [2.45, 2.75) is 5.33 Å². The van der Waals surface area contributed by atoms with E-state index < -0.39 is 0 Å². The molecule has 1 aromatic rings. The molecule has 4 heteroatoms. The van der Waals surface area contributed by atoms with E-state index in [4.69, 9.17) is 17.3 Å². The zero-order chi connectivity index (χ0) is 7.56. The van der Waals surface area contributed by atoms with Crippen LogP contribution in [0.3, 0.4) is 0 Å². The fraction of sp³-hybridized carbons (Fsp3) is 0.167. The molecule has 0 aliphatic rings. The number of aromatic nitrogens is 1. The van der Waals surface area contributed by atoms with E-state index in [9.17, 15) is 0 Å². The maximum atomic E-state index is 5.68. The van der Waals surface area contributed by atoms with E-state index in [0.29, 0.717) is 16.0 Å². The molecule has 0 unspecified atom stereocenters. The molecule has 0 bridgehead atoms. The van der Waals surface area contributed by atoms with Crippen LogP contribution in [0, 0.1) is 0 Å². The van der Waals surface area contributed by atoms with Gasteiger partial charge >= 0.3 is 0 Å². The summed E-state index contributed by atoms with van der Waals surface area (Å²) in [5.74, 6) is 0. The monoisotopic (exact) mass is 220 g/mol. The van der Waals surface area contributed by atoms with E-state index in [-0.39, 0.29) is 0 Å². The number of alkyl halides is 1. The summed E-state index contributed by atoms with van der Waals surface area (Å²) in [5, 5.41) is 1.20. The Morgan fingerprint density at radius 3 is 2.80 bits per heavy atom. The third-order valence-electron chi connectivity index (χ3n) is 1.17. The minimum absolute atomic E-state index is 0.511. The van der Waals surface area contributed by atoms with Gasteiger partial charge < -0.3 is 5.73 Å². The van der Waals surface area contributed by atoms with E-state index >= 15 is 0 Å². The van der Waals surface area contributed by atoms with Crippen molar-refractivity contribution in [3.05, 3.63) is 23.0 Å². The number of rotatable bonds is 1. The van der Waals surface area contributed by atoms with E-state index in [1.807, 2.05) is 0 Å². The summed E-state index contributed by atoms with van der Waals surface area (Å²) in [7, 11) is 0. The van der Waals surface area contributed by atoms with Gasteiger partial charge in [-0.25, -0.2) is 0 Å². The van der Waals surface area contributed by atoms with Crippen LogP contribution in [0.25, 0.3) is 0 Å². The van der Waals surface area contributed by atoms with Gasteiger partial charge in [-0.15, -0.1) is 0 Å². The number of anilines is 1. The van der Waals surface area contributed by atoms with Gasteiger partial charge in [0, 0.05) is 23.3 Å². The second-order valence-electron chi connectivity index (χ2n) is 1.83. The lowest BCUT2D eigenvalue weighted by atomic mass is 10.3. The fourth-order valence-corrected chi connectivity index (χ4v) is 1.22. The number of pyridine rings is 1. The second-order valence-corrected chi connectivity index (χ2v) is 2.80. The molecule has 0 saturated carbocycles. The Balaban J connectivity index is 3.14. The molecule has 1 heterocycles. The molecule has 2 N–H and O–H groups in total. The summed E-state index contributed by atoms with van der Waals surface area (Å²) in [6.45, 7) is 0. The van der Waals surface area contributed by atoms with Crippen LogP contribution in [0.15, 0.2) is 12.4 Å². The molecule has 0 aromatic carbocycles. The lowest BCUT2D eigenvalue weighted by Crippen LogP contribution is -1.93. The molecule has 0 amide bonds. The highest BCUT2D eigenvalue weighted by Gasteiger charge is 2.00. The summed E-state index contributed by atoms with van der Waals surface area (Å²) in [6.07, 6.45) is 3.22. The van der Waals surface area contributed by atoms with Crippen LogP contribution in [-0.4, -0.2) is 4.98 Å². The van der Waals surface area contributed by atoms with Gasteiger partial charge in [0.05, 0.1) is 10.7 Å². The summed E-state index contributed by atoms with van der Waals surface area (Å²) in [4.78, 5) is 3.87. The number of nitrogen functional groups attached to an aromatic ring is 1. The molecule has 2 nitrogen and oxygen atoms in total. The highest BCUT2D eigenvalue weighted by Crippen LogP contribution is 2.22. The Labute approximate surface area is 72.5 Å². The number of halogens is 2. The topological polar surface area (TPSA) is 38.9 Å². The summed E-state index contributed by atoms with van der Waals surface area (Å²) in [6, 6.07) is 0. The molecule has 10 heavy (non-hydrogen) atoms. The van der Waals surface area contributed by atoms with Crippen LogP contribution in [0.5, 0.6) is 0 Å². The van der Waals surface area contributed by atoms with Gasteiger partial charge in [0.25, 0.3) is 0 Å². The summed E-state index contributed by atoms with van der Waals surface area (Å²) < 4.78 is 0. The van der Waals surface area contributed by atoms with Gasteiger partial charge in [-0.1, -0.05) is 27.5 Å². The van der Waals surface area contributed by atoms with Crippen LogP contribution >= 0.6 is 27.5 Å². The maximum Gasteiger partial charge on any atom is 0.0821 e. The quantitative estimate of drug-likeness (QED) is 0.739. The molecule has 1 rings (SSSR count). The molecule has 0 aliphatic heterocycles. The molecule has 1 aromatic heterocycles. The maximum absolute atomic E-state index is 5.68. The molecule has 0 spiro atoms. The number of nitrogens with zero attached hydrogens (tertiary/aromatic N) is 1. The molecule has 54 valence electrons. The van der Waals surface area contributed by atoms with E-state index in [1.165, 1.54) is 6.20 Å². The van der Waals surface area contributed by atoms with E-state index in [2.05, 4.69) is 20.9 Å². The highest BCUT2D eigenvalue weighted by atomic mass is 79.9. The Morgan fingerprint density at radius 2 is 2.30 bits per heavy atom. The van der Waals surface area contributed by atoms with Crippen LogP contribution in [0.4, 0.5) is 5.69 Å². The Bertz CT molecular complexity index is 239. The lowest BCUT2D eigenvalue weighted by molar-refractivity contribution is 1.26. The Hall–Kier alpha value is -0.280. The van der Waals surface area contributed by atoms with Gasteiger partial charge in [-0.05, 0) is 0 Å². The fourth-order valence-electron chi connectivity index (χ4n) is 0.592. The minimum atomic E-state index is 0.511. The first kappa shape index (κ1) is 7.82. The Morgan fingerprint density at radius 1 is 1.60 bits per heavy atom. The van der Waals surface area contributed by atoms with Crippen molar-refractivity contribution in [2.75, 3.05) is 5.73 Å². The third kappa shape index (κ3) is 1.41. The van der Waals surface area contributed by atoms with E-state index in [0.717, 1.165) is 5.56 Å². The zero-order valence-corrected chi connectivity index (χ0v) is 7.48. The van der Waals surface area contributed by atoms with Gasteiger partial charge in [-0.3, -0.25) is 4.98 Å². The zero-order valence-electron chi connectivity index (χ0n) is 5.14. The van der Waals surface area contributed by atoms with Crippen molar-refractivity contribution in [3.8, 4) is 0 Å². The van der Waals surface area contributed by atoms with Crippen LogP contribution < -0.4 is 5.73 Å². The molecule has 0 aliphatic carbocycles. The molecule has 0 saturated heterocycles. The van der Waals surface area contributed by atoms with Gasteiger partial charge in [0.1, 0.15) is 0 Å². The van der Waals surface area contributed by atoms with E-state index in [1.54, 1.807) is 6.20 Å². The molecular weight excluding hydrogens is 215 g/mol. The standard InChI is InChI=1S/C6H6BrClN2/c7-1-4-2-10-3-5(8)6(4)9/h2-3H,1H2,(H2,9,10). The molecule has 0 fully saturated rings. The second kappa shape index (κ2) is 3.21. The third-order valence-corrected chi connectivity index (χ3v) is 2.07. The molecular formula is C6H6BrClN2. The number of hydrogen-bond acceptors (Lipinski definition) is 2. The van der Waals surface area contributed by atoms with Crippen molar-refractivity contribution < 1.29 is 0 Å². The van der Waals surface area contributed by atoms with Crippen molar-refractivity contribution in [1.29, 1.82) is 0 Å². The van der Waals surface area contributed by atoms with Crippen molar-refractivity contribution in [1.82, 2.24) is 4.98 Å². The summed E-state index contributed by atoms with van der Waals surface area (Å²) in [5.41, 5.74) is 7.12. The number of nitrogens with two attached hydrogens (primary N) is 1. The predicted molar refractivity (Wildman–Crippen MR) is 46.3 cm³/mol. The van der Waals surface area contributed by atoms with Crippen LogP contribution in [-0.2, 0) is 5.33 Å². The predicted octanol–water partition coefficient (Wildman–Crippen LogP) is 2.21. The average Bonchev–Trinajstić information content (AvgIpc) is 1.95. The van der Waals surface area contributed by atoms with Gasteiger partial charge in [-0.2, -0.15) is 0 Å². The first-order valence-electron chi connectivity index (χ1n) is 2.69. The van der Waals surface area contributed by atoms with Crippen molar-refractivity contribution >= 4 is 33.2 Å². The Kier molecular flexibility index (Phi) is 2.51. The molecule has 0 atom stereocenters. The van der Waals surface area contributed by atoms with Gasteiger partial charge in [0.15, 0.2) is 0 Å². The normalized spacial score (nSPS) is 9.80. The largest absolute Gasteiger partial charge is 0.397 e. The van der Waals surface area contributed by atoms with Crippen molar-refractivity contribution in [3.63, 3.8) is 0 Å². The first-order chi connectivity index (χ1) is 4.75. The highest BCUT2D eigenvalue weighted by molar-refractivity contribution is 9.08. The molecule has 0 radical (unpaired) electrons.